The summed E-state index contributed by atoms with van der Waals surface area (Å²) < 4.78 is 27.9. The summed E-state index contributed by atoms with van der Waals surface area (Å²) in [6, 6.07) is 5.92. The number of benzene rings is 1. The molecule has 0 aliphatic carbocycles. The molecule has 0 spiro atoms. The van der Waals surface area contributed by atoms with Crippen LogP contribution in [0.2, 0.25) is 5.02 Å². The third kappa shape index (κ3) is 3.81. The standard InChI is InChI=1S/C10H13ClO3S/c1-2-3-8-14-15(12,13)10-6-4-9(11)5-7-10/h4-7H,2-3,8H2,1H3. The van der Waals surface area contributed by atoms with Crippen LogP contribution in [0, 0.1) is 0 Å². The molecule has 0 bridgehead atoms. The zero-order valence-corrected chi connectivity index (χ0v) is 10.0. The minimum atomic E-state index is -3.61. The zero-order chi connectivity index (χ0) is 11.3. The fourth-order valence-corrected chi connectivity index (χ4v) is 2.05. The van der Waals surface area contributed by atoms with Crippen molar-refractivity contribution in [2.45, 2.75) is 24.7 Å². The lowest BCUT2D eigenvalue weighted by molar-refractivity contribution is 0.311. The van der Waals surface area contributed by atoms with Gasteiger partial charge in [-0.2, -0.15) is 8.42 Å². The Bertz CT molecular complexity index is 397. The van der Waals surface area contributed by atoms with E-state index in [1.165, 1.54) is 24.3 Å². The molecule has 0 saturated heterocycles. The van der Waals surface area contributed by atoms with Crippen molar-refractivity contribution in [3.63, 3.8) is 0 Å². The summed E-state index contributed by atoms with van der Waals surface area (Å²) in [5.74, 6) is 0. The van der Waals surface area contributed by atoms with Gasteiger partial charge in [-0.05, 0) is 30.7 Å². The van der Waals surface area contributed by atoms with Crippen LogP contribution in [-0.2, 0) is 14.3 Å². The van der Waals surface area contributed by atoms with Crippen molar-refractivity contribution in [1.82, 2.24) is 0 Å². The molecule has 0 unspecified atom stereocenters. The van der Waals surface area contributed by atoms with Gasteiger partial charge in [0.15, 0.2) is 0 Å². The molecule has 0 aliphatic rings. The summed E-state index contributed by atoms with van der Waals surface area (Å²) in [5, 5.41) is 0.502. The molecule has 1 aromatic carbocycles. The van der Waals surface area contributed by atoms with Crippen molar-refractivity contribution < 1.29 is 12.6 Å². The summed E-state index contributed by atoms with van der Waals surface area (Å²) in [5.41, 5.74) is 0. The smallest absolute Gasteiger partial charge is 0.266 e. The van der Waals surface area contributed by atoms with Gasteiger partial charge < -0.3 is 0 Å². The van der Waals surface area contributed by atoms with Crippen LogP contribution in [0.1, 0.15) is 19.8 Å². The molecule has 0 radical (unpaired) electrons. The third-order valence-electron chi connectivity index (χ3n) is 1.84. The highest BCUT2D eigenvalue weighted by atomic mass is 35.5. The molecule has 0 aromatic heterocycles. The van der Waals surface area contributed by atoms with Gasteiger partial charge in [-0.25, -0.2) is 0 Å². The van der Waals surface area contributed by atoms with Crippen LogP contribution in [0.4, 0.5) is 0 Å². The molecule has 0 amide bonds. The van der Waals surface area contributed by atoms with Crippen molar-refractivity contribution in [2.75, 3.05) is 6.61 Å². The number of unbranched alkanes of at least 4 members (excludes halogenated alkanes) is 1. The van der Waals surface area contributed by atoms with Gasteiger partial charge in [-0.3, -0.25) is 4.18 Å². The van der Waals surface area contributed by atoms with Gasteiger partial charge in [0.25, 0.3) is 10.1 Å². The quantitative estimate of drug-likeness (QED) is 0.595. The average Bonchev–Trinajstić information content (AvgIpc) is 2.18. The zero-order valence-electron chi connectivity index (χ0n) is 8.44. The van der Waals surface area contributed by atoms with Crippen LogP contribution < -0.4 is 0 Å². The first-order valence-electron chi connectivity index (χ1n) is 4.71. The van der Waals surface area contributed by atoms with Gasteiger partial charge in [0.05, 0.1) is 11.5 Å². The Morgan fingerprint density at radius 2 is 1.87 bits per heavy atom. The van der Waals surface area contributed by atoms with Crippen molar-refractivity contribution in [2.24, 2.45) is 0 Å². The van der Waals surface area contributed by atoms with Crippen LogP contribution in [0.5, 0.6) is 0 Å². The second kappa shape index (κ2) is 5.49. The number of rotatable bonds is 5. The molecule has 0 N–H and O–H groups in total. The fraction of sp³-hybridized carbons (Fsp3) is 0.400. The molecule has 0 atom stereocenters. The Kier molecular flexibility index (Phi) is 4.57. The summed E-state index contributed by atoms with van der Waals surface area (Å²) >= 11 is 5.65. The topological polar surface area (TPSA) is 43.4 Å². The van der Waals surface area contributed by atoms with Gasteiger partial charge in [-0.15, -0.1) is 0 Å². The van der Waals surface area contributed by atoms with E-state index in [1.807, 2.05) is 6.92 Å². The van der Waals surface area contributed by atoms with E-state index in [0.29, 0.717) is 5.02 Å². The second-order valence-electron chi connectivity index (χ2n) is 3.08. The molecule has 0 aliphatic heterocycles. The number of hydrogen-bond acceptors (Lipinski definition) is 3. The SMILES string of the molecule is CCCCOS(=O)(=O)c1ccc(Cl)cc1. The molecular formula is C10H13ClO3S. The van der Waals surface area contributed by atoms with E-state index in [-0.39, 0.29) is 11.5 Å². The van der Waals surface area contributed by atoms with Crippen LogP contribution in [0.15, 0.2) is 29.2 Å². The Morgan fingerprint density at radius 1 is 1.27 bits per heavy atom. The molecular weight excluding hydrogens is 236 g/mol. The van der Waals surface area contributed by atoms with E-state index in [1.54, 1.807) is 0 Å². The molecule has 1 aromatic rings. The molecule has 0 heterocycles. The fourth-order valence-electron chi connectivity index (χ4n) is 0.982. The Labute approximate surface area is 95.1 Å². The first-order valence-corrected chi connectivity index (χ1v) is 6.50. The van der Waals surface area contributed by atoms with E-state index in [4.69, 9.17) is 15.8 Å². The number of hydrogen-bond donors (Lipinski definition) is 0. The van der Waals surface area contributed by atoms with E-state index in [2.05, 4.69) is 0 Å². The molecule has 1 rings (SSSR count). The molecule has 5 heteroatoms. The lowest BCUT2D eigenvalue weighted by Gasteiger charge is -2.04. The Balaban J connectivity index is 2.73. The minimum absolute atomic E-state index is 0.142. The highest BCUT2D eigenvalue weighted by molar-refractivity contribution is 7.86. The highest BCUT2D eigenvalue weighted by Gasteiger charge is 2.13. The largest absolute Gasteiger partial charge is 0.296 e. The van der Waals surface area contributed by atoms with Crippen LogP contribution in [0.3, 0.4) is 0 Å². The van der Waals surface area contributed by atoms with Gasteiger partial charge in [0, 0.05) is 5.02 Å². The van der Waals surface area contributed by atoms with E-state index >= 15 is 0 Å². The highest BCUT2D eigenvalue weighted by Crippen LogP contribution is 2.16. The van der Waals surface area contributed by atoms with Crippen LogP contribution >= 0.6 is 11.6 Å². The van der Waals surface area contributed by atoms with Gasteiger partial charge in [-0.1, -0.05) is 24.9 Å². The summed E-state index contributed by atoms with van der Waals surface area (Å²) in [6.07, 6.45) is 1.63. The van der Waals surface area contributed by atoms with Gasteiger partial charge in [0.2, 0.25) is 0 Å². The van der Waals surface area contributed by atoms with Crippen molar-refractivity contribution >= 4 is 21.7 Å². The first kappa shape index (κ1) is 12.5. The van der Waals surface area contributed by atoms with Gasteiger partial charge in [0.1, 0.15) is 0 Å². The predicted octanol–water partition coefficient (Wildman–Crippen LogP) is 2.85. The minimum Gasteiger partial charge on any atom is -0.266 e. The maximum Gasteiger partial charge on any atom is 0.296 e. The lowest BCUT2D eigenvalue weighted by Crippen LogP contribution is -2.07. The Hall–Kier alpha value is -0.580. The van der Waals surface area contributed by atoms with Gasteiger partial charge >= 0.3 is 0 Å². The van der Waals surface area contributed by atoms with Crippen LogP contribution in [0.25, 0.3) is 0 Å². The van der Waals surface area contributed by atoms with E-state index in [0.717, 1.165) is 12.8 Å². The van der Waals surface area contributed by atoms with E-state index < -0.39 is 10.1 Å². The predicted molar refractivity (Wildman–Crippen MR) is 59.5 cm³/mol. The van der Waals surface area contributed by atoms with E-state index in [9.17, 15) is 8.42 Å². The molecule has 0 saturated carbocycles. The lowest BCUT2D eigenvalue weighted by atomic mass is 10.4. The van der Waals surface area contributed by atoms with Crippen molar-refractivity contribution in [1.29, 1.82) is 0 Å². The maximum atomic E-state index is 11.6. The molecule has 15 heavy (non-hydrogen) atoms. The van der Waals surface area contributed by atoms with Crippen LogP contribution in [-0.4, -0.2) is 15.0 Å². The number of halogens is 1. The third-order valence-corrected chi connectivity index (χ3v) is 3.42. The van der Waals surface area contributed by atoms with Crippen molar-refractivity contribution in [3.8, 4) is 0 Å². The Morgan fingerprint density at radius 3 is 2.40 bits per heavy atom. The van der Waals surface area contributed by atoms with Crippen molar-refractivity contribution in [3.05, 3.63) is 29.3 Å². The molecule has 3 nitrogen and oxygen atoms in total. The average molecular weight is 249 g/mol. The summed E-state index contributed by atoms with van der Waals surface area (Å²) in [6.45, 7) is 2.19. The summed E-state index contributed by atoms with van der Waals surface area (Å²) in [4.78, 5) is 0.142. The molecule has 84 valence electrons. The maximum absolute atomic E-state index is 11.6. The first-order chi connectivity index (χ1) is 7.06. The monoisotopic (exact) mass is 248 g/mol. The molecule has 0 fully saturated rings. The second-order valence-corrected chi connectivity index (χ2v) is 5.14. The normalized spacial score (nSPS) is 11.6. The summed E-state index contributed by atoms with van der Waals surface area (Å²) in [7, 11) is -3.61.